The molecule has 5 nitrogen and oxygen atoms in total. The van der Waals surface area contributed by atoms with Crippen LogP contribution >= 0.6 is 11.3 Å². The number of carbonyl (C=O) groups is 1. The Labute approximate surface area is 154 Å². The SMILES string of the molecule is COc1ccc(-c2c(C)sc3nc(-c4ccccc4)c(C(=O)O)n23)cc1. The average molecular weight is 364 g/mol. The molecule has 26 heavy (non-hydrogen) atoms. The van der Waals surface area contributed by atoms with Crippen molar-refractivity contribution in [3.05, 3.63) is 65.2 Å². The van der Waals surface area contributed by atoms with Gasteiger partial charge in [0.05, 0.1) is 12.8 Å². The fourth-order valence-corrected chi connectivity index (χ4v) is 4.08. The molecule has 0 radical (unpaired) electrons. The number of carboxylic acids is 1. The van der Waals surface area contributed by atoms with Crippen molar-refractivity contribution in [2.45, 2.75) is 6.92 Å². The molecule has 0 spiro atoms. The summed E-state index contributed by atoms with van der Waals surface area (Å²) in [7, 11) is 1.62. The summed E-state index contributed by atoms with van der Waals surface area (Å²) in [6.45, 7) is 1.98. The third kappa shape index (κ3) is 2.55. The Morgan fingerprint density at radius 3 is 2.38 bits per heavy atom. The molecule has 0 saturated heterocycles. The van der Waals surface area contributed by atoms with Crippen molar-refractivity contribution in [3.8, 4) is 28.3 Å². The number of hydrogen-bond donors (Lipinski definition) is 1. The lowest BCUT2D eigenvalue weighted by molar-refractivity contribution is 0.0690. The highest BCUT2D eigenvalue weighted by atomic mass is 32.1. The van der Waals surface area contributed by atoms with Crippen LogP contribution in [0.5, 0.6) is 5.75 Å². The van der Waals surface area contributed by atoms with Crippen molar-refractivity contribution in [2.24, 2.45) is 0 Å². The van der Waals surface area contributed by atoms with E-state index in [4.69, 9.17) is 4.74 Å². The highest BCUT2D eigenvalue weighted by molar-refractivity contribution is 7.17. The third-order valence-electron chi connectivity index (χ3n) is 4.26. The number of ether oxygens (including phenoxy) is 1. The summed E-state index contributed by atoms with van der Waals surface area (Å²) >= 11 is 1.49. The van der Waals surface area contributed by atoms with Crippen LogP contribution in [0, 0.1) is 6.92 Å². The fourth-order valence-electron chi connectivity index (χ4n) is 3.09. The Hall–Kier alpha value is -3.12. The molecule has 1 N–H and O–H groups in total. The largest absolute Gasteiger partial charge is 0.497 e. The molecule has 0 aliphatic carbocycles. The zero-order valence-electron chi connectivity index (χ0n) is 14.3. The number of aryl methyl sites for hydroxylation is 1. The van der Waals surface area contributed by atoms with Gasteiger partial charge in [-0.3, -0.25) is 4.40 Å². The van der Waals surface area contributed by atoms with Crippen molar-refractivity contribution < 1.29 is 14.6 Å². The molecule has 0 unspecified atom stereocenters. The molecule has 130 valence electrons. The first-order chi connectivity index (χ1) is 12.6. The van der Waals surface area contributed by atoms with Crippen LogP contribution in [0.1, 0.15) is 15.4 Å². The first-order valence-corrected chi connectivity index (χ1v) is 8.86. The van der Waals surface area contributed by atoms with Crippen LogP contribution in [0.3, 0.4) is 0 Å². The van der Waals surface area contributed by atoms with E-state index < -0.39 is 5.97 Å². The van der Waals surface area contributed by atoms with E-state index in [2.05, 4.69) is 4.98 Å². The normalized spacial score (nSPS) is 11.0. The third-order valence-corrected chi connectivity index (χ3v) is 5.22. The number of methoxy groups -OCH3 is 1. The highest BCUT2D eigenvalue weighted by Gasteiger charge is 2.25. The zero-order valence-corrected chi connectivity index (χ0v) is 15.1. The fraction of sp³-hybridized carbons (Fsp3) is 0.100. The summed E-state index contributed by atoms with van der Waals surface area (Å²) in [5.41, 5.74) is 3.23. The lowest BCUT2D eigenvalue weighted by atomic mass is 10.1. The second kappa shape index (κ2) is 6.31. The predicted octanol–water partition coefficient (Wildman–Crippen LogP) is 4.75. The average Bonchev–Trinajstić information content (AvgIpc) is 3.17. The molecule has 0 aliphatic rings. The van der Waals surface area contributed by atoms with Crippen LogP contribution in [0.25, 0.3) is 27.5 Å². The molecule has 0 saturated carbocycles. The van der Waals surface area contributed by atoms with Crippen molar-refractivity contribution in [1.29, 1.82) is 0 Å². The second-order valence-corrected chi connectivity index (χ2v) is 7.02. The summed E-state index contributed by atoms with van der Waals surface area (Å²) in [5, 5.41) is 9.90. The van der Waals surface area contributed by atoms with Crippen molar-refractivity contribution in [3.63, 3.8) is 0 Å². The van der Waals surface area contributed by atoms with E-state index in [1.165, 1.54) is 11.3 Å². The van der Waals surface area contributed by atoms with Crippen LogP contribution in [0.15, 0.2) is 54.6 Å². The number of carboxylic acid groups (broad SMARTS) is 1. The Morgan fingerprint density at radius 2 is 1.77 bits per heavy atom. The van der Waals surface area contributed by atoms with E-state index in [9.17, 15) is 9.90 Å². The van der Waals surface area contributed by atoms with Gasteiger partial charge < -0.3 is 9.84 Å². The number of benzene rings is 2. The lowest BCUT2D eigenvalue weighted by Gasteiger charge is -2.07. The van der Waals surface area contributed by atoms with E-state index in [0.717, 1.165) is 27.4 Å². The lowest BCUT2D eigenvalue weighted by Crippen LogP contribution is -2.04. The first kappa shape index (κ1) is 16.4. The summed E-state index contributed by atoms with van der Waals surface area (Å²) in [6, 6.07) is 17.0. The summed E-state index contributed by atoms with van der Waals surface area (Å²) < 4.78 is 6.96. The Balaban J connectivity index is 2.00. The zero-order chi connectivity index (χ0) is 18.3. The van der Waals surface area contributed by atoms with Gasteiger partial charge in [-0.25, -0.2) is 9.78 Å². The van der Waals surface area contributed by atoms with Gasteiger partial charge in [-0.2, -0.15) is 0 Å². The van der Waals surface area contributed by atoms with Crippen molar-refractivity contribution in [2.75, 3.05) is 7.11 Å². The molecule has 0 amide bonds. The summed E-state index contributed by atoms with van der Waals surface area (Å²) in [4.78, 5) is 18.4. The predicted molar refractivity (Wildman–Crippen MR) is 102 cm³/mol. The Bertz CT molecular complexity index is 1100. The highest BCUT2D eigenvalue weighted by Crippen LogP contribution is 2.36. The van der Waals surface area contributed by atoms with Gasteiger partial charge in [-0.15, -0.1) is 11.3 Å². The molecular formula is C20H16N2O3S. The number of thiazole rings is 1. The molecule has 0 bridgehead atoms. The standard InChI is InChI=1S/C20H16N2O3S/c1-12-17(14-8-10-15(25-2)11-9-14)22-18(19(23)24)16(21-20(22)26-12)13-6-4-3-5-7-13/h3-11H,1-2H3,(H,23,24). The number of aromatic carboxylic acids is 1. The Morgan fingerprint density at radius 1 is 1.08 bits per heavy atom. The van der Waals surface area contributed by atoms with Gasteiger partial charge in [-0.1, -0.05) is 30.3 Å². The van der Waals surface area contributed by atoms with E-state index in [0.29, 0.717) is 10.7 Å². The molecular weight excluding hydrogens is 348 g/mol. The van der Waals surface area contributed by atoms with Gasteiger partial charge in [0.1, 0.15) is 11.4 Å². The quantitative estimate of drug-likeness (QED) is 0.568. The Kier molecular flexibility index (Phi) is 3.97. The van der Waals surface area contributed by atoms with Crippen LogP contribution < -0.4 is 4.74 Å². The molecule has 6 heteroatoms. The second-order valence-electron chi connectivity index (χ2n) is 5.83. The monoisotopic (exact) mass is 364 g/mol. The molecule has 4 aromatic rings. The van der Waals surface area contributed by atoms with Crippen LogP contribution in [-0.2, 0) is 0 Å². The van der Waals surface area contributed by atoms with Gasteiger partial charge in [0.15, 0.2) is 10.7 Å². The van der Waals surface area contributed by atoms with E-state index >= 15 is 0 Å². The van der Waals surface area contributed by atoms with Gasteiger partial charge >= 0.3 is 5.97 Å². The van der Waals surface area contributed by atoms with E-state index in [1.54, 1.807) is 11.5 Å². The summed E-state index contributed by atoms with van der Waals surface area (Å²) in [5.74, 6) is -0.240. The smallest absolute Gasteiger partial charge is 0.355 e. The number of rotatable bonds is 4. The van der Waals surface area contributed by atoms with Gasteiger partial charge in [-0.05, 0) is 36.8 Å². The molecule has 2 heterocycles. The number of imidazole rings is 1. The topological polar surface area (TPSA) is 63.8 Å². The maximum Gasteiger partial charge on any atom is 0.355 e. The first-order valence-electron chi connectivity index (χ1n) is 8.05. The molecule has 4 rings (SSSR count). The van der Waals surface area contributed by atoms with Gasteiger partial charge in [0, 0.05) is 10.4 Å². The molecule has 0 aliphatic heterocycles. The number of fused-ring (bicyclic) bond motifs is 1. The maximum absolute atomic E-state index is 12.1. The minimum atomic E-state index is -0.996. The van der Waals surface area contributed by atoms with Crippen molar-refractivity contribution >= 4 is 22.3 Å². The molecule has 0 fully saturated rings. The minimum absolute atomic E-state index is 0.182. The summed E-state index contributed by atoms with van der Waals surface area (Å²) in [6.07, 6.45) is 0. The maximum atomic E-state index is 12.1. The van der Waals surface area contributed by atoms with Crippen LogP contribution in [0.2, 0.25) is 0 Å². The van der Waals surface area contributed by atoms with Gasteiger partial charge in [0.25, 0.3) is 0 Å². The van der Waals surface area contributed by atoms with E-state index in [-0.39, 0.29) is 5.69 Å². The van der Waals surface area contributed by atoms with E-state index in [1.807, 2.05) is 61.5 Å². The molecule has 2 aromatic carbocycles. The minimum Gasteiger partial charge on any atom is -0.497 e. The van der Waals surface area contributed by atoms with Crippen LogP contribution in [-0.4, -0.2) is 27.6 Å². The molecule has 2 aromatic heterocycles. The van der Waals surface area contributed by atoms with Gasteiger partial charge in [0.2, 0.25) is 0 Å². The molecule has 0 atom stereocenters. The van der Waals surface area contributed by atoms with Crippen LogP contribution in [0.4, 0.5) is 0 Å². The van der Waals surface area contributed by atoms with Crippen molar-refractivity contribution in [1.82, 2.24) is 9.38 Å². The number of aromatic nitrogens is 2. The number of hydrogen-bond acceptors (Lipinski definition) is 4. The number of nitrogens with zero attached hydrogens (tertiary/aromatic N) is 2.